The van der Waals surface area contributed by atoms with Gasteiger partial charge in [0.15, 0.2) is 0 Å². The summed E-state index contributed by atoms with van der Waals surface area (Å²) in [5.74, 6) is 0.519. The Morgan fingerprint density at radius 3 is 2.54 bits per heavy atom. The van der Waals surface area contributed by atoms with Crippen LogP contribution < -0.4 is 0 Å². The van der Waals surface area contributed by atoms with Crippen LogP contribution in [0.4, 0.5) is 0 Å². The van der Waals surface area contributed by atoms with Crippen molar-refractivity contribution in [3.8, 4) is 0 Å². The van der Waals surface area contributed by atoms with Gasteiger partial charge in [-0.1, -0.05) is 58.6 Å². The second-order valence-corrected chi connectivity index (χ2v) is 6.96. The molecule has 0 heterocycles. The van der Waals surface area contributed by atoms with E-state index in [9.17, 15) is 4.79 Å². The van der Waals surface area contributed by atoms with Gasteiger partial charge in [-0.15, -0.1) is 0 Å². The molecule has 0 aliphatic carbocycles. The van der Waals surface area contributed by atoms with Crippen molar-refractivity contribution in [2.75, 3.05) is 13.7 Å². The van der Waals surface area contributed by atoms with Crippen molar-refractivity contribution in [3.05, 3.63) is 35.4 Å². The number of benzene rings is 1. The van der Waals surface area contributed by atoms with Crippen LogP contribution in [0.15, 0.2) is 24.3 Å². The van der Waals surface area contributed by atoms with E-state index in [2.05, 4.69) is 26.8 Å². The Hall–Kier alpha value is -1.35. The third-order valence-electron chi connectivity index (χ3n) is 4.14. The Balaban J connectivity index is 2.48. The molecular weight excluding hydrogens is 300 g/mol. The molecular formula is C21H34O3. The number of carbonyl (C=O) groups is 1. The molecule has 0 fully saturated rings. The van der Waals surface area contributed by atoms with Crippen LogP contribution in [0, 0.1) is 5.92 Å². The predicted octanol–water partition coefficient (Wildman–Crippen LogP) is 5.42. The van der Waals surface area contributed by atoms with Gasteiger partial charge in [-0.25, -0.2) is 4.79 Å². The fourth-order valence-corrected chi connectivity index (χ4v) is 2.83. The van der Waals surface area contributed by atoms with Gasteiger partial charge in [0.05, 0.1) is 12.2 Å². The average Bonchev–Trinajstić information content (AvgIpc) is 2.55. The van der Waals surface area contributed by atoms with E-state index in [0.29, 0.717) is 12.2 Å². The molecule has 24 heavy (non-hydrogen) atoms. The molecule has 0 radical (unpaired) electrons. The predicted molar refractivity (Wildman–Crippen MR) is 99.4 cm³/mol. The number of aryl methyl sites for hydroxylation is 1. The first-order chi connectivity index (χ1) is 11.6. The molecule has 0 bridgehead atoms. The molecule has 1 unspecified atom stereocenters. The molecule has 0 aromatic heterocycles. The van der Waals surface area contributed by atoms with E-state index in [1.165, 1.54) is 24.8 Å². The van der Waals surface area contributed by atoms with Gasteiger partial charge >= 0.3 is 5.97 Å². The number of carbonyl (C=O) groups excluding carboxylic acids is 1. The number of hydrogen-bond donors (Lipinski definition) is 0. The zero-order valence-corrected chi connectivity index (χ0v) is 15.8. The van der Waals surface area contributed by atoms with Gasteiger partial charge in [-0.3, -0.25) is 0 Å². The lowest BCUT2D eigenvalue weighted by Gasteiger charge is -2.17. The third kappa shape index (κ3) is 8.49. The van der Waals surface area contributed by atoms with E-state index in [1.807, 2.05) is 18.2 Å². The van der Waals surface area contributed by atoms with E-state index in [0.717, 1.165) is 31.6 Å². The maximum absolute atomic E-state index is 12.4. The zero-order valence-electron chi connectivity index (χ0n) is 15.8. The summed E-state index contributed by atoms with van der Waals surface area (Å²) in [6.07, 6.45) is 7.53. The number of unbranched alkanes of at least 4 members (excludes halogenated alkanes) is 2. The van der Waals surface area contributed by atoms with Crippen molar-refractivity contribution in [2.45, 2.75) is 71.8 Å². The first kappa shape index (κ1) is 20.7. The molecule has 0 aliphatic rings. The highest BCUT2D eigenvalue weighted by Crippen LogP contribution is 2.15. The molecule has 3 nitrogen and oxygen atoms in total. The minimum absolute atomic E-state index is 0.156. The molecule has 0 saturated heterocycles. The van der Waals surface area contributed by atoms with Gasteiger partial charge in [-0.05, 0) is 42.9 Å². The van der Waals surface area contributed by atoms with Crippen molar-refractivity contribution in [1.29, 1.82) is 0 Å². The molecule has 136 valence electrons. The van der Waals surface area contributed by atoms with E-state index in [4.69, 9.17) is 9.47 Å². The molecule has 1 rings (SSSR count). The number of rotatable bonds is 12. The van der Waals surface area contributed by atoms with Crippen LogP contribution in [0.25, 0.3) is 0 Å². The lowest BCUT2D eigenvalue weighted by molar-refractivity contribution is 0.00235. The van der Waals surface area contributed by atoms with Crippen LogP contribution in [0.1, 0.15) is 75.2 Å². The van der Waals surface area contributed by atoms with Crippen molar-refractivity contribution >= 4 is 5.97 Å². The quantitative estimate of drug-likeness (QED) is 0.378. The SMILES string of the molecule is CCCc1cccc(C(=O)OC(CCCCCC(C)C)COC)c1. The Morgan fingerprint density at radius 1 is 1.12 bits per heavy atom. The number of ether oxygens (including phenoxy) is 2. The van der Waals surface area contributed by atoms with Gasteiger partial charge in [0, 0.05) is 7.11 Å². The van der Waals surface area contributed by atoms with Crippen LogP contribution in [-0.4, -0.2) is 25.8 Å². The maximum Gasteiger partial charge on any atom is 0.338 e. The molecule has 0 aliphatic heterocycles. The van der Waals surface area contributed by atoms with Crippen molar-refractivity contribution in [2.24, 2.45) is 5.92 Å². The summed E-state index contributed by atoms with van der Waals surface area (Å²) in [5, 5.41) is 0. The molecule has 3 heteroatoms. The van der Waals surface area contributed by atoms with Gasteiger partial charge in [0.2, 0.25) is 0 Å². The summed E-state index contributed by atoms with van der Waals surface area (Å²) in [4.78, 5) is 12.4. The monoisotopic (exact) mass is 334 g/mol. The summed E-state index contributed by atoms with van der Waals surface area (Å²) >= 11 is 0. The first-order valence-electron chi connectivity index (χ1n) is 9.35. The highest BCUT2D eigenvalue weighted by atomic mass is 16.6. The highest BCUT2D eigenvalue weighted by molar-refractivity contribution is 5.89. The third-order valence-corrected chi connectivity index (χ3v) is 4.14. The first-order valence-corrected chi connectivity index (χ1v) is 9.35. The maximum atomic E-state index is 12.4. The topological polar surface area (TPSA) is 35.5 Å². The highest BCUT2D eigenvalue weighted by Gasteiger charge is 2.16. The lowest BCUT2D eigenvalue weighted by atomic mass is 10.0. The number of hydrogen-bond acceptors (Lipinski definition) is 3. The van der Waals surface area contributed by atoms with Crippen LogP contribution >= 0.6 is 0 Å². The second-order valence-electron chi connectivity index (χ2n) is 6.96. The minimum atomic E-state index is -0.239. The fraction of sp³-hybridized carbons (Fsp3) is 0.667. The van der Waals surface area contributed by atoms with E-state index in [-0.39, 0.29) is 12.1 Å². The molecule has 0 saturated carbocycles. The van der Waals surface area contributed by atoms with Gasteiger partial charge in [0.25, 0.3) is 0 Å². The molecule has 0 amide bonds. The van der Waals surface area contributed by atoms with Crippen LogP contribution in [0.5, 0.6) is 0 Å². The molecule has 1 aromatic carbocycles. The van der Waals surface area contributed by atoms with E-state index >= 15 is 0 Å². The Kier molecular flexibility index (Phi) is 10.4. The zero-order chi connectivity index (χ0) is 17.8. The lowest BCUT2D eigenvalue weighted by Crippen LogP contribution is -2.23. The molecule has 0 N–H and O–H groups in total. The van der Waals surface area contributed by atoms with Gasteiger partial charge < -0.3 is 9.47 Å². The van der Waals surface area contributed by atoms with Crippen LogP contribution in [0.2, 0.25) is 0 Å². The second kappa shape index (κ2) is 12.1. The summed E-state index contributed by atoms with van der Waals surface area (Å²) in [6, 6.07) is 7.76. The van der Waals surface area contributed by atoms with E-state index in [1.54, 1.807) is 7.11 Å². The smallest absolute Gasteiger partial charge is 0.338 e. The van der Waals surface area contributed by atoms with Crippen LogP contribution in [0.3, 0.4) is 0 Å². The summed E-state index contributed by atoms with van der Waals surface area (Å²) in [5.41, 5.74) is 1.82. The van der Waals surface area contributed by atoms with Crippen LogP contribution in [-0.2, 0) is 15.9 Å². The minimum Gasteiger partial charge on any atom is -0.456 e. The molecule has 1 atom stereocenters. The van der Waals surface area contributed by atoms with E-state index < -0.39 is 0 Å². The standard InChI is InChI=1S/C21H34O3/c1-5-10-18-12-9-13-19(15-18)21(22)24-20(16-23-4)14-8-6-7-11-17(2)3/h9,12-13,15,17,20H,5-8,10-11,14,16H2,1-4H3. The summed E-state index contributed by atoms with van der Waals surface area (Å²) in [6.45, 7) is 7.10. The van der Waals surface area contributed by atoms with Crippen molar-refractivity contribution in [1.82, 2.24) is 0 Å². The Labute approximate surface area is 147 Å². The Bertz CT molecular complexity index is 468. The van der Waals surface area contributed by atoms with Crippen molar-refractivity contribution in [3.63, 3.8) is 0 Å². The summed E-state index contributed by atoms with van der Waals surface area (Å²) in [7, 11) is 1.65. The average molecular weight is 335 g/mol. The largest absolute Gasteiger partial charge is 0.456 e. The molecule has 0 spiro atoms. The fourth-order valence-electron chi connectivity index (χ4n) is 2.83. The van der Waals surface area contributed by atoms with Crippen molar-refractivity contribution < 1.29 is 14.3 Å². The summed E-state index contributed by atoms with van der Waals surface area (Å²) < 4.78 is 10.9. The number of methoxy groups -OCH3 is 1. The normalized spacial score (nSPS) is 12.4. The van der Waals surface area contributed by atoms with Gasteiger partial charge in [-0.2, -0.15) is 0 Å². The van der Waals surface area contributed by atoms with Gasteiger partial charge in [0.1, 0.15) is 6.10 Å². The Morgan fingerprint density at radius 2 is 1.88 bits per heavy atom. The molecule has 1 aromatic rings. The number of esters is 1.